The first-order valence-electron chi connectivity index (χ1n) is 11.5. The van der Waals surface area contributed by atoms with Crippen LogP contribution >= 0.6 is 0 Å². The standard InChI is InChI=1S/C25H20F3N5O3/c26-25(27,28)22-11-17(15-6-7-20-21(10-15)36-14-35-20)30-23-12-18(31-33(22)23)24(34)32-9-2-1-5-19(32)16-4-3-8-29-13-16/h3-4,6-8,10-13,19H,1-2,5,9,14H2/t19-/m0/s1. The minimum absolute atomic E-state index is 0.0453. The number of hydrogen-bond acceptors (Lipinski definition) is 6. The molecule has 4 aromatic rings. The van der Waals surface area contributed by atoms with E-state index in [4.69, 9.17) is 9.47 Å². The third-order valence-electron chi connectivity index (χ3n) is 6.44. The number of amides is 1. The van der Waals surface area contributed by atoms with E-state index in [1.807, 2.05) is 6.07 Å². The zero-order valence-electron chi connectivity index (χ0n) is 18.9. The lowest BCUT2D eigenvalue weighted by Gasteiger charge is -2.35. The zero-order valence-corrected chi connectivity index (χ0v) is 18.9. The number of alkyl halides is 3. The van der Waals surface area contributed by atoms with Gasteiger partial charge in [0.2, 0.25) is 6.79 Å². The second kappa shape index (κ2) is 8.51. The Labute approximate surface area is 203 Å². The highest BCUT2D eigenvalue weighted by atomic mass is 19.4. The summed E-state index contributed by atoms with van der Waals surface area (Å²) in [5, 5.41) is 4.06. The summed E-state index contributed by atoms with van der Waals surface area (Å²) in [6.07, 6.45) is 1.13. The first-order chi connectivity index (χ1) is 17.4. The molecule has 1 atom stereocenters. The number of fused-ring (bicyclic) bond motifs is 2. The van der Waals surface area contributed by atoms with E-state index in [1.54, 1.807) is 41.6 Å². The molecular formula is C25H20F3N5O3. The summed E-state index contributed by atoms with van der Waals surface area (Å²) in [7, 11) is 0. The van der Waals surface area contributed by atoms with Crippen molar-refractivity contribution in [2.45, 2.75) is 31.5 Å². The smallest absolute Gasteiger partial charge is 0.433 e. The Balaban J connectivity index is 1.42. The van der Waals surface area contributed by atoms with Crippen LogP contribution in [0.2, 0.25) is 0 Å². The second-order valence-electron chi connectivity index (χ2n) is 8.69. The molecule has 8 nitrogen and oxygen atoms in total. The molecule has 0 saturated carbocycles. The quantitative estimate of drug-likeness (QED) is 0.402. The van der Waals surface area contributed by atoms with Gasteiger partial charge in [0.25, 0.3) is 5.91 Å². The number of halogens is 3. The van der Waals surface area contributed by atoms with Crippen molar-refractivity contribution in [2.75, 3.05) is 13.3 Å². The Morgan fingerprint density at radius 3 is 2.72 bits per heavy atom. The van der Waals surface area contributed by atoms with Crippen molar-refractivity contribution in [3.63, 3.8) is 0 Å². The molecule has 0 radical (unpaired) electrons. The Bertz CT molecular complexity index is 1450. The lowest BCUT2D eigenvalue weighted by molar-refractivity contribution is -0.142. The Hall–Kier alpha value is -4.15. The predicted molar refractivity (Wildman–Crippen MR) is 121 cm³/mol. The number of piperidine rings is 1. The molecule has 11 heteroatoms. The Morgan fingerprint density at radius 2 is 1.92 bits per heavy atom. The maximum atomic E-state index is 14.0. The Kier molecular flexibility index (Phi) is 5.27. The molecular weight excluding hydrogens is 475 g/mol. The van der Waals surface area contributed by atoms with Gasteiger partial charge in [-0.3, -0.25) is 9.78 Å². The van der Waals surface area contributed by atoms with Gasteiger partial charge in [0, 0.05) is 30.6 Å². The largest absolute Gasteiger partial charge is 0.454 e. The van der Waals surface area contributed by atoms with E-state index in [0.29, 0.717) is 28.1 Å². The first-order valence-corrected chi connectivity index (χ1v) is 11.5. The van der Waals surface area contributed by atoms with E-state index >= 15 is 0 Å². The molecule has 1 saturated heterocycles. The molecule has 2 aliphatic rings. The number of likely N-dealkylation sites (tertiary alicyclic amines) is 1. The SMILES string of the molecule is O=C(c1cc2nc(-c3ccc4c(c3)OCO4)cc(C(F)(F)F)n2n1)N1CCCC[C@H]1c1cccnc1. The average molecular weight is 495 g/mol. The summed E-state index contributed by atoms with van der Waals surface area (Å²) >= 11 is 0. The van der Waals surface area contributed by atoms with Crippen LogP contribution in [-0.2, 0) is 6.18 Å². The molecule has 0 unspecified atom stereocenters. The van der Waals surface area contributed by atoms with Gasteiger partial charge < -0.3 is 14.4 Å². The van der Waals surface area contributed by atoms with Gasteiger partial charge in [-0.1, -0.05) is 6.07 Å². The molecule has 3 aromatic heterocycles. The number of ether oxygens (including phenoxy) is 2. The fourth-order valence-electron chi connectivity index (χ4n) is 4.73. The lowest BCUT2D eigenvalue weighted by Crippen LogP contribution is -2.38. The monoisotopic (exact) mass is 495 g/mol. The predicted octanol–water partition coefficient (Wildman–Crippen LogP) is 4.91. The molecule has 0 aliphatic carbocycles. The van der Waals surface area contributed by atoms with E-state index in [2.05, 4.69) is 15.1 Å². The van der Waals surface area contributed by atoms with Gasteiger partial charge in [-0.05, 0) is 55.2 Å². The van der Waals surface area contributed by atoms with Crippen molar-refractivity contribution in [1.82, 2.24) is 24.5 Å². The van der Waals surface area contributed by atoms with Gasteiger partial charge in [0.15, 0.2) is 28.5 Å². The highest BCUT2D eigenvalue weighted by Crippen LogP contribution is 2.38. The summed E-state index contributed by atoms with van der Waals surface area (Å²) in [5.74, 6) is 0.503. The van der Waals surface area contributed by atoms with Gasteiger partial charge in [-0.25, -0.2) is 9.50 Å². The van der Waals surface area contributed by atoms with Crippen LogP contribution in [0.1, 0.15) is 47.1 Å². The average Bonchev–Trinajstić information content (AvgIpc) is 3.54. The molecule has 0 spiro atoms. The molecule has 184 valence electrons. The van der Waals surface area contributed by atoms with Gasteiger partial charge >= 0.3 is 6.18 Å². The molecule has 1 amide bonds. The summed E-state index contributed by atoms with van der Waals surface area (Å²) in [6, 6.07) is 10.5. The van der Waals surface area contributed by atoms with Gasteiger partial charge in [-0.15, -0.1) is 0 Å². The van der Waals surface area contributed by atoms with Crippen LogP contribution in [-0.4, -0.2) is 43.7 Å². The third kappa shape index (κ3) is 3.90. The molecule has 5 heterocycles. The van der Waals surface area contributed by atoms with Gasteiger partial charge in [-0.2, -0.15) is 18.3 Å². The van der Waals surface area contributed by atoms with Crippen molar-refractivity contribution in [1.29, 1.82) is 0 Å². The molecule has 0 N–H and O–H groups in total. The van der Waals surface area contributed by atoms with Crippen molar-refractivity contribution in [2.24, 2.45) is 0 Å². The van der Waals surface area contributed by atoms with Crippen LogP contribution in [0.25, 0.3) is 16.9 Å². The van der Waals surface area contributed by atoms with E-state index in [9.17, 15) is 18.0 Å². The highest BCUT2D eigenvalue weighted by molar-refractivity contribution is 5.94. The highest BCUT2D eigenvalue weighted by Gasteiger charge is 2.37. The fraction of sp³-hybridized carbons (Fsp3) is 0.280. The van der Waals surface area contributed by atoms with Crippen molar-refractivity contribution < 1.29 is 27.4 Å². The normalized spacial score (nSPS) is 17.5. The summed E-state index contributed by atoms with van der Waals surface area (Å²) in [4.78, 5) is 23.7. The van der Waals surface area contributed by atoms with Crippen LogP contribution in [0.3, 0.4) is 0 Å². The number of pyridine rings is 1. The number of carbonyl (C=O) groups excluding carboxylic acids is 1. The van der Waals surface area contributed by atoms with E-state index < -0.39 is 17.8 Å². The molecule has 6 rings (SSSR count). The first kappa shape index (κ1) is 22.3. The topological polar surface area (TPSA) is 81.8 Å². The van der Waals surface area contributed by atoms with Crippen molar-refractivity contribution in [3.05, 3.63) is 71.8 Å². The number of carbonyl (C=O) groups is 1. The van der Waals surface area contributed by atoms with E-state index in [1.165, 1.54) is 6.07 Å². The lowest BCUT2D eigenvalue weighted by atomic mass is 9.96. The third-order valence-corrected chi connectivity index (χ3v) is 6.44. The van der Waals surface area contributed by atoms with E-state index in [0.717, 1.165) is 30.9 Å². The number of benzene rings is 1. The molecule has 2 aliphatic heterocycles. The number of hydrogen-bond donors (Lipinski definition) is 0. The zero-order chi connectivity index (χ0) is 24.9. The summed E-state index contributed by atoms with van der Waals surface area (Å²) in [5.41, 5.74) is 0.199. The molecule has 36 heavy (non-hydrogen) atoms. The summed E-state index contributed by atoms with van der Waals surface area (Å²) < 4.78 is 53.5. The van der Waals surface area contributed by atoms with Crippen LogP contribution in [0.15, 0.2) is 54.9 Å². The fourth-order valence-corrected chi connectivity index (χ4v) is 4.73. The number of nitrogens with zero attached hydrogens (tertiary/aromatic N) is 5. The Morgan fingerprint density at radius 1 is 1.06 bits per heavy atom. The minimum atomic E-state index is -4.72. The van der Waals surface area contributed by atoms with Crippen molar-refractivity contribution >= 4 is 11.6 Å². The van der Waals surface area contributed by atoms with Crippen LogP contribution in [0.5, 0.6) is 11.5 Å². The number of aromatic nitrogens is 4. The maximum absolute atomic E-state index is 14.0. The molecule has 0 bridgehead atoms. The molecule has 1 fully saturated rings. The second-order valence-corrected chi connectivity index (χ2v) is 8.69. The van der Waals surface area contributed by atoms with Crippen LogP contribution in [0, 0.1) is 0 Å². The number of rotatable bonds is 3. The summed E-state index contributed by atoms with van der Waals surface area (Å²) in [6.45, 7) is 0.526. The van der Waals surface area contributed by atoms with Gasteiger partial charge in [0.1, 0.15) is 0 Å². The van der Waals surface area contributed by atoms with Gasteiger partial charge in [0.05, 0.1) is 11.7 Å². The maximum Gasteiger partial charge on any atom is 0.433 e. The van der Waals surface area contributed by atoms with Crippen molar-refractivity contribution in [3.8, 4) is 22.8 Å². The molecule has 1 aromatic carbocycles. The minimum Gasteiger partial charge on any atom is -0.454 e. The van der Waals surface area contributed by atoms with E-state index in [-0.39, 0.29) is 29.9 Å². The van der Waals surface area contributed by atoms with Crippen LogP contribution < -0.4 is 9.47 Å². The van der Waals surface area contributed by atoms with Crippen LogP contribution in [0.4, 0.5) is 13.2 Å².